The van der Waals surface area contributed by atoms with Crippen molar-refractivity contribution in [2.24, 2.45) is 0 Å². The maximum Gasteiger partial charge on any atom is 0.251 e. The van der Waals surface area contributed by atoms with Crippen LogP contribution in [0.1, 0.15) is 28.8 Å². The van der Waals surface area contributed by atoms with Gasteiger partial charge in [-0.25, -0.2) is 0 Å². The summed E-state index contributed by atoms with van der Waals surface area (Å²) in [5, 5.41) is 3.91. The zero-order chi connectivity index (χ0) is 17.1. The second kappa shape index (κ2) is 7.24. The molecule has 1 heterocycles. The standard InChI is InChI=1S/C18H16Cl2N2O2/c19-14-5-2-1-4-13(14)11-21-18(24)12-7-8-15(20)16(10-12)22-9-3-6-17(22)23/h1-2,4-5,7-8,10H,3,6,9,11H2,(H,21,24). The van der Waals surface area contributed by atoms with Crippen molar-refractivity contribution in [2.45, 2.75) is 19.4 Å². The molecular weight excluding hydrogens is 347 g/mol. The lowest BCUT2D eigenvalue weighted by Crippen LogP contribution is -2.26. The van der Waals surface area contributed by atoms with Crippen molar-refractivity contribution >= 4 is 40.7 Å². The van der Waals surface area contributed by atoms with Crippen molar-refractivity contribution in [1.82, 2.24) is 5.32 Å². The molecule has 0 spiro atoms. The molecule has 0 aromatic heterocycles. The van der Waals surface area contributed by atoms with E-state index in [2.05, 4.69) is 5.32 Å². The number of carbonyl (C=O) groups is 2. The van der Waals surface area contributed by atoms with Gasteiger partial charge >= 0.3 is 0 Å². The molecule has 1 saturated heterocycles. The highest BCUT2D eigenvalue weighted by atomic mass is 35.5. The first-order valence-corrected chi connectivity index (χ1v) is 8.43. The molecule has 0 atom stereocenters. The van der Waals surface area contributed by atoms with Gasteiger partial charge in [0.2, 0.25) is 5.91 Å². The van der Waals surface area contributed by atoms with Gasteiger partial charge in [-0.1, -0.05) is 41.4 Å². The summed E-state index contributed by atoms with van der Waals surface area (Å²) in [6.07, 6.45) is 1.32. The van der Waals surface area contributed by atoms with Crippen LogP contribution >= 0.6 is 23.2 Å². The van der Waals surface area contributed by atoms with E-state index in [9.17, 15) is 9.59 Å². The molecule has 1 aliphatic heterocycles. The normalized spacial score (nSPS) is 14.1. The number of amides is 2. The molecule has 2 aromatic carbocycles. The van der Waals surface area contributed by atoms with Gasteiger partial charge < -0.3 is 10.2 Å². The number of carbonyl (C=O) groups excluding carboxylic acids is 2. The van der Waals surface area contributed by atoms with Crippen LogP contribution in [0.25, 0.3) is 0 Å². The molecule has 6 heteroatoms. The number of hydrogen-bond acceptors (Lipinski definition) is 2. The molecule has 0 unspecified atom stereocenters. The van der Waals surface area contributed by atoms with Gasteiger partial charge in [0.05, 0.1) is 10.7 Å². The van der Waals surface area contributed by atoms with Crippen LogP contribution < -0.4 is 10.2 Å². The summed E-state index contributed by atoms with van der Waals surface area (Å²) in [4.78, 5) is 25.9. The number of nitrogens with one attached hydrogen (secondary N) is 1. The van der Waals surface area contributed by atoms with Crippen LogP contribution in [0.15, 0.2) is 42.5 Å². The predicted octanol–water partition coefficient (Wildman–Crippen LogP) is 4.05. The van der Waals surface area contributed by atoms with Crippen LogP contribution in [0, 0.1) is 0 Å². The first-order chi connectivity index (χ1) is 11.6. The molecule has 24 heavy (non-hydrogen) atoms. The zero-order valence-corrected chi connectivity index (χ0v) is 14.4. The van der Waals surface area contributed by atoms with Gasteiger partial charge in [0.25, 0.3) is 5.91 Å². The van der Waals surface area contributed by atoms with Crippen molar-refractivity contribution in [3.8, 4) is 0 Å². The third kappa shape index (κ3) is 3.55. The van der Waals surface area contributed by atoms with Crippen molar-refractivity contribution in [2.75, 3.05) is 11.4 Å². The summed E-state index contributed by atoms with van der Waals surface area (Å²) >= 11 is 12.3. The molecule has 0 radical (unpaired) electrons. The van der Waals surface area contributed by atoms with Gasteiger partial charge in [0.15, 0.2) is 0 Å². The zero-order valence-electron chi connectivity index (χ0n) is 12.9. The Labute approximate surface area is 150 Å². The van der Waals surface area contributed by atoms with Crippen LogP contribution in [0.5, 0.6) is 0 Å². The van der Waals surface area contributed by atoms with Crippen LogP contribution in [0.3, 0.4) is 0 Å². The number of hydrogen-bond donors (Lipinski definition) is 1. The number of benzene rings is 2. The molecule has 1 aliphatic rings. The van der Waals surface area contributed by atoms with Gasteiger partial charge in [0, 0.05) is 30.1 Å². The topological polar surface area (TPSA) is 49.4 Å². The molecule has 0 aliphatic carbocycles. The van der Waals surface area contributed by atoms with Gasteiger partial charge in [-0.3, -0.25) is 9.59 Å². The molecule has 124 valence electrons. The van der Waals surface area contributed by atoms with Gasteiger partial charge in [-0.2, -0.15) is 0 Å². The Morgan fingerprint density at radius 3 is 2.62 bits per heavy atom. The van der Waals surface area contributed by atoms with Gasteiger partial charge in [-0.05, 0) is 36.2 Å². The van der Waals surface area contributed by atoms with E-state index < -0.39 is 0 Å². The van der Waals surface area contributed by atoms with Crippen molar-refractivity contribution in [1.29, 1.82) is 0 Å². The maximum absolute atomic E-state index is 12.4. The molecule has 4 nitrogen and oxygen atoms in total. The second-order valence-corrected chi connectivity index (χ2v) is 6.40. The maximum atomic E-state index is 12.4. The Hall–Kier alpha value is -2.04. The molecule has 2 aromatic rings. The Balaban J connectivity index is 1.75. The Kier molecular flexibility index (Phi) is 5.07. The fraction of sp³-hybridized carbons (Fsp3) is 0.222. The number of nitrogens with zero attached hydrogens (tertiary/aromatic N) is 1. The lowest BCUT2D eigenvalue weighted by molar-refractivity contribution is -0.117. The summed E-state index contributed by atoms with van der Waals surface area (Å²) in [7, 11) is 0. The molecule has 0 saturated carbocycles. The van der Waals surface area contributed by atoms with E-state index in [0.717, 1.165) is 12.0 Å². The Morgan fingerprint density at radius 1 is 1.12 bits per heavy atom. The Bertz CT molecular complexity index is 792. The number of halogens is 2. The van der Waals surface area contributed by atoms with Gasteiger partial charge in [0.1, 0.15) is 0 Å². The highest BCUT2D eigenvalue weighted by Crippen LogP contribution is 2.30. The molecule has 3 rings (SSSR count). The lowest BCUT2D eigenvalue weighted by Gasteiger charge is -2.18. The molecule has 1 N–H and O–H groups in total. The average molecular weight is 363 g/mol. The molecule has 0 bridgehead atoms. The minimum absolute atomic E-state index is 0.0329. The van der Waals surface area contributed by atoms with Gasteiger partial charge in [-0.15, -0.1) is 0 Å². The average Bonchev–Trinajstić information content (AvgIpc) is 3.00. The summed E-state index contributed by atoms with van der Waals surface area (Å²) < 4.78 is 0. The molecule has 2 amide bonds. The minimum atomic E-state index is -0.237. The smallest absolute Gasteiger partial charge is 0.251 e. The largest absolute Gasteiger partial charge is 0.348 e. The number of anilines is 1. The molecular formula is C18H16Cl2N2O2. The number of rotatable bonds is 4. The van der Waals surface area contributed by atoms with E-state index in [1.54, 1.807) is 29.2 Å². The summed E-state index contributed by atoms with van der Waals surface area (Å²) in [5.74, 6) is -0.204. The molecule has 1 fully saturated rings. The van der Waals surface area contributed by atoms with E-state index in [-0.39, 0.29) is 11.8 Å². The third-order valence-electron chi connectivity index (χ3n) is 3.97. The quantitative estimate of drug-likeness (QED) is 0.891. The van der Waals surface area contributed by atoms with E-state index in [1.807, 2.05) is 18.2 Å². The predicted molar refractivity (Wildman–Crippen MR) is 95.7 cm³/mol. The van der Waals surface area contributed by atoms with E-state index >= 15 is 0 Å². The first kappa shape index (κ1) is 16.8. The summed E-state index contributed by atoms with van der Waals surface area (Å²) in [5.41, 5.74) is 1.89. The van der Waals surface area contributed by atoms with Crippen LogP contribution in [0.2, 0.25) is 10.0 Å². The van der Waals surface area contributed by atoms with E-state index in [1.165, 1.54) is 0 Å². The lowest BCUT2D eigenvalue weighted by atomic mass is 10.1. The van der Waals surface area contributed by atoms with E-state index in [4.69, 9.17) is 23.2 Å². The fourth-order valence-corrected chi connectivity index (χ4v) is 3.11. The highest BCUT2D eigenvalue weighted by molar-refractivity contribution is 6.34. The van der Waals surface area contributed by atoms with E-state index in [0.29, 0.717) is 40.8 Å². The van der Waals surface area contributed by atoms with Crippen molar-refractivity contribution < 1.29 is 9.59 Å². The van der Waals surface area contributed by atoms with Crippen molar-refractivity contribution in [3.05, 3.63) is 63.6 Å². The van der Waals surface area contributed by atoms with Crippen LogP contribution in [0.4, 0.5) is 5.69 Å². The fourth-order valence-electron chi connectivity index (χ4n) is 2.68. The highest BCUT2D eigenvalue weighted by Gasteiger charge is 2.24. The minimum Gasteiger partial charge on any atom is -0.348 e. The Morgan fingerprint density at radius 2 is 1.92 bits per heavy atom. The second-order valence-electron chi connectivity index (χ2n) is 5.59. The van der Waals surface area contributed by atoms with Crippen molar-refractivity contribution in [3.63, 3.8) is 0 Å². The van der Waals surface area contributed by atoms with Crippen LogP contribution in [-0.2, 0) is 11.3 Å². The first-order valence-electron chi connectivity index (χ1n) is 7.68. The SMILES string of the molecule is O=C(NCc1ccccc1Cl)c1ccc(Cl)c(N2CCCC2=O)c1. The van der Waals surface area contributed by atoms with Crippen LogP contribution in [-0.4, -0.2) is 18.4 Å². The summed E-state index contributed by atoms with van der Waals surface area (Å²) in [6.45, 7) is 0.961. The summed E-state index contributed by atoms with van der Waals surface area (Å²) in [6, 6.07) is 12.3. The monoisotopic (exact) mass is 362 g/mol. The third-order valence-corrected chi connectivity index (χ3v) is 4.66.